The normalized spacial score (nSPS) is 20.2. The van der Waals surface area contributed by atoms with Gasteiger partial charge in [0, 0.05) is 35.7 Å². The maximum absolute atomic E-state index is 13.0. The van der Waals surface area contributed by atoms with Crippen molar-refractivity contribution in [2.45, 2.75) is 32.6 Å². The second-order valence-corrected chi connectivity index (χ2v) is 7.94. The van der Waals surface area contributed by atoms with Gasteiger partial charge in [0.2, 0.25) is 0 Å². The number of anilines is 1. The lowest BCUT2D eigenvalue weighted by Crippen LogP contribution is -2.38. The molecular formula is C19H18N4O5. The first-order valence-electron chi connectivity index (χ1n) is 8.80. The molecule has 0 saturated heterocycles. The zero-order chi connectivity index (χ0) is 20.2. The van der Waals surface area contributed by atoms with Crippen LogP contribution in [0.4, 0.5) is 11.5 Å². The Bertz CT molecular complexity index is 1150. The monoisotopic (exact) mass is 382 g/mol. The number of allylic oxidation sites excluding steroid dienone is 2. The number of non-ortho nitro benzene ring substituents is 1. The third-order valence-corrected chi connectivity index (χ3v) is 5.19. The van der Waals surface area contributed by atoms with Gasteiger partial charge in [-0.15, -0.1) is 0 Å². The molecule has 0 spiro atoms. The highest BCUT2D eigenvalue weighted by Gasteiger charge is 2.42. The van der Waals surface area contributed by atoms with Crippen LogP contribution in [0, 0.1) is 15.5 Å². The van der Waals surface area contributed by atoms with Gasteiger partial charge in [0.05, 0.1) is 10.5 Å². The van der Waals surface area contributed by atoms with Crippen LogP contribution in [-0.2, 0) is 4.79 Å². The van der Waals surface area contributed by atoms with Crippen molar-refractivity contribution in [3.63, 3.8) is 0 Å². The SMILES string of the molecule is CC1(C)CC(=O)C2=C(C1)Nc1[nH]c(=O)[nH]c(=O)c1[C@H]2c1ccc([N+](=O)[O-])cc1. The summed E-state index contributed by atoms with van der Waals surface area (Å²) in [5, 5.41) is 14.0. The minimum atomic E-state index is -0.712. The summed E-state index contributed by atoms with van der Waals surface area (Å²) in [5.74, 6) is -0.545. The summed E-state index contributed by atoms with van der Waals surface area (Å²) in [7, 11) is 0. The second-order valence-electron chi connectivity index (χ2n) is 7.94. The average Bonchev–Trinajstić information content (AvgIpc) is 2.58. The van der Waals surface area contributed by atoms with Crippen molar-refractivity contribution in [3.05, 3.63) is 77.6 Å². The Morgan fingerprint density at radius 3 is 2.39 bits per heavy atom. The Morgan fingerprint density at radius 1 is 1.07 bits per heavy atom. The number of rotatable bonds is 2. The van der Waals surface area contributed by atoms with E-state index in [-0.39, 0.29) is 28.3 Å². The molecule has 144 valence electrons. The van der Waals surface area contributed by atoms with E-state index >= 15 is 0 Å². The number of ketones is 1. The van der Waals surface area contributed by atoms with Gasteiger partial charge in [-0.2, -0.15) is 0 Å². The number of hydrogen-bond donors (Lipinski definition) is 3. The molecule has 1 aromatic heterocycles. The molecule has 0 radical (unpaired) electrons. The molecule has 2 aliphatic rings. The van der Waals surface area contributed by atoms with E-state index in [0.29, 0.717) is 29.7 Å². The highest BCUT2D eigenvalue weighted by atomic mass is 16.6. The number of hydrogen-bond acceptors (Lipinski definition) is 6. The molecule has 2 aromatic rings. The predicted octanol–water partition coefficient (Wildman–Crippen LogP) is 2.17. The van der Waals surface area contributed by atoms with Gasteiger partial charge in [-0.1, -0.05) is 26.0 Å². The van der Waals surface area contributed by atoms with Crippen LogP contribution in [0.2, 0.25) is 0 Å². The summed E-state index contributed by atoms with van der Waals surface area (Å²) < 4.78 is 0. The molecule has 1 aromatic carbocycles. The van der Waals surface area contributed by atoms with E-state index in [9.17, 15) is 24.5 Å². The largest absolute Gasteiger partial charge is 0.344 e. The third kappa shape index (κ3) is 2.84. The number of benzene rings is 1. The standard InChI is InChI=1S/C19H18N4O5/c1-19(2)7-11-14(12(24)8-19)13(9-3-5-10(6-4-9)23(27)28)15-16(20-11)21-18(26)22-17(15)25/h3-6,13H,7-8H2,1-2H3,(H3,20,21,22,25,26)/t13-/m0/s1. The Kier molecular flexibility index (Phi) is 3.84. The zero-order valence-electron chi connectivity index (χ0n) is 15.3. The van der Waals surface area contributed by atoms with Crippen molar-refractivity contribution in [1.82, 2.24) is 9.97 Å². The van der Waals surface area contributed by atoms with Crippen LogP contribution >= 0.6 is 0 Å². The van der Waals surface area contributed by atoms with Crippen LogP contribution < -0.4 is 16.6 Å². The zero-order valence-corrected chi connectivity index (χ0v) is 15.3. The topological polar surface area (TPSA) is 138 Å². The van der Waals surface area contributed by atoms with Gasteiger partial charge in [0.25, 0.3) is 11.2 Å². The smallest absolute Gasteiger partial charge is 0.327 e. The van der Waals surface area contributed by atoms with Gasteiger partial charge in [-0.05, 0) is 17.4 Å². The maximum Gasteiger partial charge on any atom is 0.327 e. The molecule has 1 aliphatic heterocycles. The van der Waals surface area contributed by atoms with Crippen molar-refractivity contribution in [2.75, 3.05) is 5.32 Å². The molecule has 0 saturated carbocycles. The molecule has 0 fully saturated rings. The number of H-pyrrole nitrogens is 2. The first-order valence-corrected chi connectivity index (χ1v) is 8.80. The van der Waals surface area contributed by atoms with E-state index in [1.807, 2.05) is 13.8 Å². The summed E-state index contributed by atoms with van der Waals surface area (Å²) in [6.07, 6.45) is 0.902. The van der Waals surface area contributed by atoms with Gasteiger partial charge in [-0.3, -0.25) is 29.7 Å². The van der Waals surface area contributed by atoms with E-state index in [4.69, 9.17) is 0 Å². The fourth-order valence-corrected chi connectivity index (χ4v) is 4.07. The average molecular weight is 382 g/mol. The lowest BCUT2D eigenvalue weighted by atomic mass is 9.69. The number of nitrogens with one attached hydrogen (secondary N) is 3. The predicted molar refractivity (Wildman–Crippen MR) is 101 cm³/mol. The number of nitro benzene ring substituents is 1. The van der Waals surface area contributed by atoms with Crippen LogP contribution in [0.15, 0.2) is 45.1 Å². The van der Waals surface area contributed by atoms with E-state index in [0.717, 1.165) is 0 Å². The first-order chi connectivity index (χ1) is 13.2. The summed E-state index contributed by atoms with van der Waals surface area (Å²) in [6, 6.07) is 5.77. The van der Waals surface area contributed by atoms with E-state index in [2.05, 4.69) is 15.3 Å². The van der Waals surface area contributed by atoms with Gasteiger partial charge >= 0.3 is 5.69 Å². The van der Waals surface area contributed by atoms with E-state index in [1.54, 1.807) is 12.1 Å². The molecule has 2 heterocycles. The van der Waals surface area contributed by atoms with Crippen molar-refractivity contribution in [3.8, 4) is 0 Å². The summed E-state index contributed by atoms with van der Waals surface area (Å²) in [5.41, 5.74) is 0.340. The number of aromatic amines is 2. The van der Waals surface area contributed by atoms with Crippen LogP contribution in [0.1, 0.15) is 43.7 Å². The lowest BCUT2D eigenvalue weighted by molar-refractivity contribution is -0.384. The highest BCUT2D eigenvalue weighted by Crippen LogP contribution is 2.47. The molecule has 1 aliphatic carbocycles. The molecule has 0 bridgehead atoms. The molecule has 0 amide bonds. The quantitative estimate of drug-likeness (QED) is 0.537. The minimum Gasteiger partial charge on any atom is -0.344 e. The Labute approximate surface area is 158 Å². The van der Waals surface area contributed by atoms with Crippen molar-refractivity contribution >= 4 is 17.3 Å². The number of nitrogens with zero attached hydrogens (tertiary/aromatic N) is 1. The molecule has 1 atom stereocenters. The molecule has 9 nitrogen and oxygen atoms in total. The van der Waals surface area contributed by atoms with Gasteiger partial charge in [0.15, 0.2) is 5.78 Å². The van der Waals surface area contributed by atoms with Gasteiger partial charge in [0.1, 0.15) is 5.82 Å². The number of Topliss-reactive ketones (excluding diaryl/α,β-unsaturated/α-hetero) is 1. The Hall–Kier alpha value is -3.49. The summed E-state index contributed by atoms with van der Waals surface area (Å²) >= 11 is 0. The van der Waals surface area contributed by atoms with Crippen molar-refractivity contribution in [2.24, 2.45) is 5.41 Å². The fraction of sp³-hybridized carbons (Fsp3) is 0.316. The number of aromatic nitrogens is 2. The lowest BCUT2D eigenvalue weighted by Gasteiger charge is -2.38. The van der Waals surface area contributed by atoms with Crippen LogP contribution in [0.3, 0.4) is 0 Å². The van der Waals surface area contributed by atoms with E-state index in [1.165, 1.54) is 12.1 Å². The number of carbonyl (C=O) groups excluding carboxylic acids is 1. The maximum atomic E-state index is 13.0. The third-order valence-electron chi connectivity index (χ3n) is 5.19. The van der Waals surface area contributed by atoms with E-state index < -0.39 is 22.1 Å². The molecule has 9 heteroatoms. The van der Waals surface area contributed by atoms with Crippen molar-refractivity contribution < 1.29 is 9.72 Å². The van der Waals surface area contributed by atoms with Gasteiger partial charge in [-0.25, -0.2) is 4.79 Å². The number of carbonyl (C=O) groups is 1. The number of nitro groups is 1. The molecule has 3 N–H and O–H groups in total. The second kappa shape index (κ2) is 6.01. The Morgan fingerprint density at radius 2 is 1.75 bits per heavy atom. The summed E-state index contributed by atoms with van der Waals surface area (Å²) in [6.45, 7) is 3.96. The molecule has 28 heavy (non-hydrogen) atoms. The molecular weight excluding hydrogens is 364 g/mol. The first kappa shape index (κ1) is 17.9. The molecule has 4 rings (SSSR count). The highest BCUT2D eigenvalue weighted by molar-refractivity contribution is 6.01. The number of fused-ring (bicyclic) bond motifs is 1. The summed E-state index contributed by atoms with van der Waals surface area (Å²) in [4.78, 5) is 52.6. The fourth-order valence-electron chi connectivity index (χ4n) is 4.07. The van der Waals surface area contributed by atoms with Gasteiger partial charge < -0.3 is 5.32 Å². The van der Waals surface area contributed by atoms with Crippen LogP contribution in [0.25, 0.3) is 0 Å². The van der Waals surface area contributed by atoms with Crippen LogP contribution in [-0.4, -0.2) is 20.7 Å². The Balaban J connectivity index is 1.96. The minimum absolute atomic E-state index is 0.0846. The molecule has 0 unspecified atom stereocenters. The van der Waals surface area contributed by atoms with Crippen molar-refractivity contribution in [1.29, 1.82) is 0 Å². The van der Waals surface area contributed by atoms with Crippen LogP contribution in [0.5, 0.6) is 0 Å².